The minimum atomic E-state index is -3.09. The van der Waals surface area contributed by atoms with E-state index in [-0.39, 0.29) is 5.75 Å². The van der Waals surface area contributed by atoms with Gasteiger partial charge in [0.1, 0.15) is 0 Å². The van der Waals surface area contributed by atoms with Crippen LogP contribution in [0, 0.1) is 0 Å². The standard InChI is InChI=1S/C14H21NO2S2/c1-3-19(16,17)12-9-7-11(8-10-12)15-13-5-4-6-14(13)18-2/h7-10,13-15H,3-6H2,1-2H3. The smallest absolute Gasteiger partial charge is 0.178 e. The molecule has 1 aromatic carbocycles. The minimum absolute atomic E-state index is 0.150. The van der Waals surface area contributed by atoms with Crippen LogP contribution in [0.5, 0.6) is 0 Å². The summed E-state index contributed by atoms with van der Waals surface area (Å²) in [6, 6.07) is 7.65. The Morgan fingerprint density at radius 2 is 1.95 bits per heavy atom. The fourth-order valence-electron chi connectivity index (χ4n) is 2.51. The van der Waals surface area contributed by atoms with E-state index in [4.69, 9.17) is 0 Å². The fraction of sp³-hybridized carbons (Fsp3) is 0.571. The molecule has 0 aromatic heterocycles. The van der Waals surface area contributed by atoms with Gasteiger partial charge in [-0.05, 0) is 43.4 Å². The zero-order valence-electron chi connectivity index (χ0n) is 11.4. The number of nitrogens with one attached hydrogen (secondary N) is 1. The van der Waals surface area contributed by atoms with Crippen molar-refractivity contribution in [1.29, 1.82) is 0 Å². The van der Waals surface area contributed by atoms with Gasteiger partial charge in [0.15, 0.2) is 9.84 Å². The van der Waals surface area contributed by atoms with Crippen LogP contribution in [0.15, 0.2) is 29.2 Å². The first-order valence-corrected chi connectivity index (χ1v) is 9.63. The van der Waals surface area contributed by atoms with E-state index in [9.17, 15) is 8.42 Å². The summed E-state index contributed by atoms with van der Waals surface area (Å²) in [4.78, 5) is 0.411. The molecule has 0 amide bonds. The quantitative estimate of drug-likeness (QED) is 0.907. The summed E-state index contributed by atoms with van der Waals surface area (Å²) in [5, 5.41) is 4.19. The monoisotopic (exact) mass is 299 g/mol. The van der Waals surface area contributed by atoms with Crippen molar-refractivity contribution in [1.82, 2.24) is 0 Å². The summed E-state index contributed by atoms with van der Waals surface area (Å²) in [6.45, 7) is 1.67. The molecular weight excluding hydrogens is 278 g/mol. The lowest BCUT2D eigenvalue weighted by Gasteiger charge is -2.20. The molecule has 1 fully saturated rings. The second-order valence-electron chi connectivity index (χ2n) is 4.88. The Morgan fingerprint density at radius 3 is 2.53 bits per heavy atom. The zero-order chi connectivity index (χ0) is 13.9. The maximum Gasteiger partial charge on any atom is 0.178 e. The Balaban J connectivity index is 2.07. The Hall–Kier alpha value is -0.680. The van der Waals surface area contributed by atoms with Gasteiger partial charge in [-0.1, -0.05) is 13.3 Å². The zero-order valence-corrected chi connectivity index (χ0v) is 13.1. The SMILES string of the molecule is CCS(=O)(=O)c1ccc(NC2CCCC2SC)cc1. The van der Waals surface area contributed by atoms with Crippen LogP contribution in [0.2, 0.25) is 0 Å². The molecule has 3 nitrogen and oxygen atoms in total. The van der Waals surface area contributed by atoms with E-state index >= 15 is 0 Å². The third kappa shape index (κ3) is 3.45. The molecule has 2 unspecified atom stereocenters. The largest absolute Gasteiger partial charge is 0.381 e. The molecule has 0 spiro atoms. The van der Waals surface area contributed by atoms with E-state index in [1.54, 1.807) is 19.1 Å². The number of anilines is 1. The molecule has 5 heteroatoms. The highest BCUT2D eigenvalue weighted by Gasteiger charge is 2.26. The number of benzene rings is 1. The average Bonchev–Trinajstić information content (AvgIpc) is 2.86. The highest BCUT2D eigenvalue weighted by atomic mass is 32.2. The molecule has 1 saturated carbocycles. The second kappa shape index (κ2) is 6.18. The van der Waals surface area contributed by atoms with Gasteiger partial charge in [0.25, 0.3) is 0 Å². The lowest BCUT2D eigenvalue weighted by molar-refractivity contribution is 0.597. The molecule has 0 heterocycles. The lowest BCUT2D eigenvalue weighted by atomic mass is 10.2. The third-order valence-corrected chi connectivity index (χ3v) is 6.62. The predicted octanol–water partition coefficient (Wildman–Crippen LogP) is 3.18. The Kier molecular flexibility index (Phi) is 4.79. The summed E-state index contributed by atoms with van der Waals surface area (Å²) < 4.78 is 23.5. The molecule has 0 bridgehead atoms. The van der Waals surface area contributed by atoms with Crippen LogP contribution in [-0.4, -0.2) is 31.7 Å². The summed E-state index contributed by atoms with van der Waals surface area (Å²) in [6.07, 6.45) is 5.88. The molecule has 2 rings (SSSR count). The first-order valence-electron chi connectivity index (χ1n) is 6.69. The summed E-state index contributed by atoms with van der Waals surface area (Å²) in [7, 11) is -3.09. The number of hydrogen-bond acceptors (Lipinski definition) is 4. The molecule has 19 heavy (non-hydrogen) atoms. The van der Waals surface area contributed by atoms with Gasteiger partial charge in [-0.3, -0.25) is 0 Å². The van der Waals surface area contributed by atoms with Crippen LogP contribution < -0.4 is 5.32 Å². The molecule has 106 valence electrons. The van der Waals surface area contributed by atoms with Crippen molar-refractivity contribution in [2.24, 2.45) is 0 Å². The van der Waals surface area contributed by atoms with E-state index in [0.717, 1.165) is 5.69 Å². The number of hydrogen-bond donors (Lipinski definition) is 1. The van der Waals surface area contributed by atoms with E-state index in [0.29, 0.717) is 16.2 Å². The summed E-state index contributed by atoms with van der Waals surface area (Å²) in [5.41, 5.74) is 1.01. The maximum absolute atomic E-state index is 11.7. The molecule has 0 radical (unpaired) electrons. The summed E-state index contributed by atoms with van der Waals surface area (Å²) in [5.74, 6) is 0.150. The van der Waals surface area contributed by atoms with Crippen LogP contribution in [-0.2, 0) is 9.84 Å². The first kappa shape index (κ1) is 14.7. The van der Waals surface area contributed by atoms with Crippen molar-refractivity contribution in [2.75, 3.05) is 17.3 Å². The van der Waals surface area contributed by atoms with E-state index in [2.05, 4.69) is 11.6 Å². The number of sulfone groups is 1. The maximum atomic E-state index is 11.7. The van der Waals surface area contributed by atoms with Gasteiger partial charge in [0, 0.05) is 17.0 Å². The Bertz CT molecular complexity index is 511. The van der Waals surface area contributed by atoms with Crippen molar-refractivity contribution in [3.05, 3.63) is 24.3 Å². The highest BCUT2D eigenvalue weighted by molar-refractivity contribution is 7.99. The fourth-order valence-corrected chi connectivity index (χ4v) is 4.33. The van der Waals surface area contributed by atoms with Gasteiger partial charge in [0.05, 0.1) is 10.6 Å². The van der Waals surface area contributed by atoms with Crippen molar-refractivity contribution >= 4 is 27.3 Å². The molecular formula is C14H21NO2S2. The highest BCUT2D eigenvalue weighted by Crippen LogP contribution is 2.31. The van der Waals surface area contributed by atoms with Gasteiger partial charge >= 0.3 is 0 Å². The topological polar surface area (TPSA) is 46.2 Å². The lowest BCUT2D eigenvalue weighted by Crippen LogP contribution is -2.25. The molecule has 0 aliphatic heterocycles. The first-order chi connectivity index (χ1) is 9.06. The van der Waals surface area contributed by atoms with Gasteiger partial charge in [-0.25, -0.2) is 8.42 Å². The molecule has 0 saturated heterocycles. The molecule has 1 N–H and O–H groups in total. The van der Waals surface area contributed by atoms with Gasteiger partial charge in [-0.15, -0.1) is 0 Å². The van der Waals surface area contributed by atoms with Crippen molar-refractivity contribution in [3.63, 3.8) is 0 Å². The number of thioether (sulfide) groups is 1. The average molecular weight is 299 g/mol. The van der Waals surface area contributed by atoms with Crippen LogP contribution in [0.25, 0.3) is 0 Å². The van der Waals surface area contributed by atoms with Crippen LogP contribution in [0.4, 0.5) is 5.69 Å². The van der Waals surface area contributed by atoms with Crippen molar-refractivity contribution in [3.8, 4) is 0 Å². The van der Waals surface area contributed by atoms with E-state index in [1.807, 2.05) is 23.9 Å². The molecule has 1 aromatic rings. The second-order valence-corrected chi connectivity index (χ2v) is 8.24. The van der Waals surface area contributed by atoms with Crippen LogP contribution in [0.1, 0.15) is 26.2 Å². The number of rotatable bonds is 5. The van der Waals surface area contributed by atoms with Gasteiger partial charge in [0.2, 0.25) is 0 Å². The summed E-state index contributed by atoms with van der Waals surface area (Å²) >= 11 is 1.91. The van der Waals surface area contributed by atoms with E-state index < -0.39 is 9.84 Å². The van der Waals surface area contributed by atoms with Gasteiger partial charge in [-0.2, -0.15) is 11.8 Å². The van der Waals surface area contributed by atoms with Gasteiger partial charge < -0.3 is 5.32 Å². The van der Waals surface area contributed by atoms with Crippen LogP contribution in [0.3, 0.4) is 0 Å². The normalized spacial score (nSPS) is 23.5. The Morgan fingerprint density at radius 1 is 1.26 bits per heavy atom. The molecule has 1 aliphatic rings. The van der Waals surface area contributed by atoms with Crippen molar-refractivity contribution < 1.29 is 8.42 Å². The molecule has 2 atom stereocenters. The predicted molar refractivity (Wildman–Crippen MR) is 82.7 cm³/mol. The third-order valence-electron chi connectivity index (χ3n) is 3.70. The van der Waals surface area contributed by atoms with Crippen molar-refractivity contribution in [2.45, 2.75) is 42.4 Å². The van der Waals surface area contributed by atoms with E-state index in [1.165, 1.54) is 19.3 Å². The minimum Gasteiger partial charge on any atom is -0.381 e. The Labute approximate surface area is 120 Å². The molecule has 1 aliphatic carbocycles. The van der Waals surface area contributed by atoms with Crippen LogP contribution >= 0.6 is 11.8 Å².